The predicted octanol–water partition coefficient (Wildman–Crippen LogP) is 3.58. The molecule has 2 nitrogen and oxygen atoms in total. The highest BCUT2D eigenvalue weighted by Gasteiger charge is 2.35. The number of hydrogen-bond acceptors (Lipinski definition) is 2. The summed E-state index contributed by atoms with van der Waals surface area (Å²) in [6, 6.07) is 6.94. The van der Waals surface area contributed by atoms with Crippen LogP contribution in [0.25, 0.3) is 0 Å². The van der Waals surface area contributed by atoms with E-state index in [1.807, 2.05) is 0 Å². The number of ether oxygens (including phenoxy) is 1. The third-order valence-electron chi connectivity index (χ3n) is 4.31. The highest BCUT2D eigenvalue weighted by Crippen LogP contribution is 2.44. The molecule has 0 amide bonds. The van der Waals surface area contributed by atoms with Crippen molar-refractivity contribution in [3.05, 3.63) is 29.3 Å². The van der Waals surface area contributed by atoms with E-state index in [9.17, 15) is 0 Å². The van der Waals surface area contributed by atoms with Gasteiger partial charge in [-0.2, -0.15) is 0 Å². The van der Waals surface area contributed by atoms with Gasteiger partial charge in [0.15, 0.2) is 0 Å². The molecule has 0 unspecified atom stereocenters. The van der Waals surface area contributed by atoms with Crippen molar-refractivity contribution in [3.63, 3.8) is 0 Å². The van der Waals surface area contributed by atoms with E-state index >= 15 is 0 Å². The molecule has 1 aliphatic carbocycles. The second kappa shape index (κ2) is 5.14. The maximum Gasteiger partial charge on any atom is 0.0750 e. The summed E-state index contributed by atoms with van der Waals surface area (Å²) in [5.74, 6) is 6.85. The van der Waals surface area contributed by atoms with Crippen molar-refractivity contribution in [3.8, 4) is 11.8 Å². The maximum absolute atomic E-state index is 5.78. The van der Waals surface area contributed by atoms with Crippen molar-refractivity contribution < 1.29 is 4.74 Å². The van der Waals surface area contributed by atoms with E-state index in [0.29, 0.717) is 12.6 Å². The molecule has 1 aromatic carbocycles. The molecule has 0 N–H and O–H groups in total. The van der Waals surface area contributed by atoms with E-state index in [2.05, 4.69) is 55.7 Å². The third kappa shape index (κ3) is 2.69. The highest BCUT2D eigenvalue weighted by atomic mass is 16.5. The molecular formula is C18H23NO. The van der Waals surface area contributed by atoms with Crippen LogP contribution in [0.5, 0.6) is 0 Å². The molecule has 0 saturated heterocycles. The van der Waals surface area contributed by atoms with Crippen molar-refractivity contribution in [2.75, 3.05) is 18.1 Å². The fourth-order valence-corrected chi connectivity index (χ4v) is 2.64. The Morgan fingerprint density at radius 2 is 2.10 bits per heavy atom. The van der Waals surface area contributed by atoms with E-state index in [0.717, 1.165) is 18.7 Å². The molecular weight excluding hydrogens is 246 g/mol. The van der Waals surface area contributed by atoms with Crippen LogP contribution in [0.4, 0.5) is 5.69 Å². The Morgan fingerprint density at radius 1 is 1.30 bits per heavy atom. The van der Waals surface area contributed by atoms with Crippen molar-refractivity contribution in [1.29, 1.82) is 0 Å². The number of hydrogen-bond donors (Lipinski definition) is 0. The fourth-order valence-electron chi connectivity index (χ4n) is 2.64. The molecule has 0 radical (unpaired) electrons. The van der Waals surface area contributed by atoms with Gasteiger partial charge < -0.3 is 9.64 Å². The van der Waals surface area contributed by atoms with Gasteiger partial charge in [-0.3, -0.25) is 0 Å². The van der Waals surface area contributed by atoms with Gasteiger partial charge in [0.1, 0.15) is 0 Å². The molecule has 20 heavy (non-hydrogen) atoms. The molecule has 0 spiro atoms. The summed E-state index contributed by atoms with van der Waals surface area (Å²) in [4.78, 5) is 2.42. The molecule has 1 aliphatic heterocycles. The van der Waals surface area contributed by atoms with Gasteiger partial charge in [-0.05, 0) is 45.7 Å². The van der Waals surface area contributed by atoms with Gasteiger partial charge >= 0.3 is 0 Å². The van der Waals surface area contributed by atoms with E-state index in [1.54, 1.807) is 0 Å². The molecule has 2 aliphatic rings. The number of nitrogens with zero attached hydrogens (tertiary/aromatic N) is 1. The molecule has 1 fully saturated rings. The second-order valence-electron chi connectivity index (χ2n) is 6.45. The average molecular weight is 269 g/mol. The smallest absolute Gasteiger partial charge is 0.0750 e. The SMILES string of the molecule is CC(C)N1CCOCc2c(C#CC3(C)CC3)cccc21. The van der Waals surface area contributed by atoms with E-state index in [1.165, 1.54) is 24.1 Å². The second-order valence-corrected chi connectivity index (χ2v) is 6.45. The molecule has 0 atom stereocenters. The molecule has 3 rings (SSSR count). The Kier molecular flexibility index (Phi) is 3.48. The first kappa shape index (κ1) is 13.5. The fraction of sp³-hybridized carbons (Fsp3) is 0.556. The van der Waals surface area contributed by atoms with Crippen LogP contribution in [0, 0.1) is 17.3 Å². The Labute approximate surface area is 122 Å². The summed E-state index contributed by atoms with van der Waals surface area (Å²) in [6.45, 7) is 9.15. The van der Waals surface area contributed by atoms with Gasteiger partial charge in [-0.15, -0.1) is 0 Å². The molecule has 106 valence electrons. The van der Waals surface area contributed by atoms with E-state index < -0.39 is 0 Å². The lowest BCUT2D eigenvalue weighted by Gasteiger charge is -2.28. The number of fused-ring (bicyclic) bond motifs is 1. The number of rotatable bonds is 1. The first-order chi connectivity index (χ1) is 9.59. The Morgan fingerprint density at radius 3 is 2.80 bits per heavy atom. The molecule has 1 aromatic rings. The molecule has 0 bridgehead atoms. The number of anilines is 1. The van der Waals surface area contributed by atoms with Gasteiger partial charge in [0.2, 0.25) is 0 Å². The van der Waals surface area contributed by atoms with Crippen molar-refractivity contribution in [1.82, 2.24) is 0 Å². The van der Waals surface area contributed by atoms with Crippen molar-refractivity contribution >= 4 is 5.69 Å². The first-order valence-corrected chi connectivity index (χ1v) is 7.58. The zero-order valence-corrected chi connectivity index (χ0v) is 12.7. The maximum atomic E-state index is 5.78. The minimum absolute atomic E-state index is 0.270. The summed E-state index contributed by atoms with van der Waals surface area (Å²) in [6.07, 6.45) is 2.48. The van der Waals surface area contributed by atoms with E-state index in [4.69, 9.17) is 4.74 Å². The minimum Gasteiger partial charge on any atom is -0.375 e. The minimum atomic E-state index is 0.270. The lowest BCUT2D eigenvalue weighted by atomic mass is 10.0. The summed E-state index contributed by atoms with van der Waals surface area (Å²) < 4.78 is 5.78. The van der Waals surface area contributed by atoms with Crippen LogP contribution in [-0.4, -0.2) is 19.2 Å². The van der Waals surface area contributed by atoms with E-state index in [-0.39, 0.29) is 5.41 Å². The van der Waals surface area contributed by atoms with Crippen LogP contribution in [0.2, 0.25) is 0 Å². The van der Waals surface area contributed by atoms with Gasteiger partial charge in [-0.25, -0.2) is 0 Å². The lowest BCUT2D eigenvalue weighted by molar-refractivity contribution is 0.131. The predicted molar refractivity (Wildman–Crippen MR) is 82.8 cm³/mol. The summed E-state index contributed by atoms with van der Waals surface area (Å²) in [5.41, 5.74) is 3.97. The molecule has 0 aromatic heterocycles. The summed E-state index contributed by atoms with van der Waals surface area (Å²) in [7, 11) is 0. The van der Waals surface area contributed by atoms with Crippen molar-refractivity contribution in [2.24, 2.45) is 5.41 Å². The Bertz CT molecular complexity index is 561. The van der Waals surface area contributed by atoms with Crippen LogP contribution in [-0.2, 0) is 11.3 Å². The van der Waals surface area contributed by atoms with Crippen LogP contribution >= 0.6 is 0 Å². The van der Waals surface area contributed by atoms with Gasteiger partial charge in [0, 0.05) is 34.8 Å². The van der Waals surface area contributed by atoms with Crippen LogP contribution in [0.15, 0.2) is 18.2 Å². The zero-order chi connectivity index (χ0) is 14.2. The zero-order valence-electron chi connectivity index (χ0n) is 12.7. The standard InChI is InChI=1S/C18H23NO/c1-14(2)19-11-12-20-13-16-15(5-4-6-17(16)19)7-8-18(3)9-10-18/h4-6,14H,9-13H2,1-3H3. The normalized spacial score (nSPS) is 19.9. The monoisotopic (exact) mass is 269 g/mol. The summed E-state index contributed by atoms with van der Waals surface area (Å²) >= 11 is 0. The largest absolute Gasteiger partial charge is 0.375 e. The lowest BCUT2D eigenvalue weighted by Crippen LogP contribution is -2.33. The van der Waals surface area contributed by atoms with Gasteiger partial charge in [-0.1, -0.05) is 17.9 Å². The Balaban J connectivity index is 2.00. The van der Waals surface area contributed by atoms with Crippen molar-refractivity contribution in [2.45, 2.75) is 46.3 Å². The highest BCUT2D eigenvalue weighted by molar-refractivity contribution is 5.61. The molecule has 1 saturated carbocycles. The van der Waals surface area contributed by atoms with Crippen LogP contribution in [0.3, 0.4) is 0 Å². The topological polar surface area (TPSA) is 12.5 Å². The Hall–Kier alpha value is -1.46. The molecule has 2 heteroatoms. The van der Waals surface area contributed by atoms with Gasteiger partial charge in [0.05, 0.1) is 13.2 Å². The number of benzene rings is 1. The van der Waals surface area contributed by atoms with Crippen LogP contribution in [0.1, 0.15) is 44.7 Å². The summed E-state index contributed by atoms with van der Waals surface area (Å²) in [5, 5.41) is 0. The van der Waals surface area contributed by atoms with Crippen LogP contribution < -0.4 is 4.90 Å². The first-order valence-electron chi connectivity index (χ1n) is 7.58. The molecule has 1 heterocycles. The van der Waals surface area contributed by atoms with Gasteiger partial charge in [0.25, 0.3) is 0 Å². The quantitative estimate of drug-likeness (QED) is 0.723. The third-order valence-corrected chi connectivity index (χ3v) is 4.31. The average Bonchev–Trinajstić information content (AvgIpc) is 3.18.